The number of benzene rings is 3. The SMILES string of the molecule is COc1ccc(CNC(=O)[C@H](c2ccccc2)c2cc(Cl)ccc2O)cc1. The number of amides is 1. The molecule has 3 aromatic carbocycles. The van der Waals surface area contributed by atoms with Crippen LogP contribution in [0.2, 0.25) is 5.02 Å². The van der Waals surface area contributed by atoms with Crippen molar-refractivity contribution in [3.05, 3.63) is 94.5 Å². The Hall–Kier alpha value is -2.98. The summed E-state index contributed by atoms with van der Waals surface area (Å²) in [7, 11) is 1.61. The number of carbonyl (C=O) groups excluding carboxylic acids is 1. The number of nitrogens with one attached hydrogen (secondary N) is 1. The van der Waals surface area contributed by atoms with Gasteiger partial charge in [0, 0.05) is 17.1 Å². The van der Waals surface area contributed by atoms with Crippen molar-refractivity contribution in [3.8, 4) is 11.5 Å². The van der Waals surface area contributed by atoms with Gasteiger partial charge in [-0.25, -0.2) is 0 Å². The van der Waals surface area contributed by atoms with Gasteiger partial charge in [0.25, 0.3) is 0 Å². The van der Waals surface area contributed by atoms with Crippen LogP contribution in [0, 0.1) is 0 Å². The zero-order valence-corrected chi connectivity index (χ0v) is 15.6. The van der Waals surface area contributed by atoms with Crippen LogP contribution in [0.1, 0.15) is 22.6 Å². The highest BCUT2D eigenvalue weighted by Crippen LogP contribution is 2.33. The molecule has 0 aliphatic rings. The standard InChI is InChI=1S/C22H20ClNO3/c1-27-18-10-7-15(8-11-18)14-24-22(26)21(16-5-3-2-4-6-16)19-13-17(23)9-12-20(19)25/h2-13,21,25H,14H2,1H3,(H,24,26)/t21-/m1/s1. The van der Waals surface area contributed by atoms with Crippen molar-refractivity contribution in [2.75, 3.05) is 7.11 Å². The number of rotatable bonds is 6. The third kappa shape index (κ3) is 4.60. The Bertz CT molecular complexity index is 911. The number of phenolic OH excluding ortho intramolecular Hbond substituents is 1. The van der Waals surface area contributed by atoms with E-state index in [1.807, 2.05) is 54.6 Å². The number of phenols is 1. The fraction of sp³-hybridized carbons (Fsp3) is 0.136. The number of aromatic hydroxyl groups is 1. The fourth-order valence-electron chi connectivity index (χ4n) is 2.91. The highest BCUT2D eigenvalue weighted by Gasteiger charge is 2.25. The summed E-state index contributed by atoms with van der Waals surface area (Å²) >= 11 is 6.10. The number of ether oxygens (including phenoxy) is 1. The second kappa shape index (κ2) is 8.60. The predicted octanol–water partition coefficient (Wildman–Crippen LogP) is 4.50. The molecule has 1 atom stereocenters. The third-order valence-electron chi connectivity index (χ3n) is 4.32. The molecule has 27 heavy (non-hydrogen) atoms. The molecule has 3 aromatic rings. The van der Waals surface area contributed by atoms with Crippen LogP contribution in [-0.4, -0.2) is 18.1 Å². The molecule has 3 rings (SSSR count). The first-order valence-corrected chi connectivity index (χ1v) is 8.90. The summed E-state index contributed by atoms with van der Waals surface area (Å²) in [5, 5.41) is 13.7. The van der Waals surface area contributed by atoms with Gasteiger partial charge in [-0.3, -0.25) is 4.79 Å². The molecule has 0 aliphatic carbocycles. The minimum absolute atomic E-state index is 0.0350. The quantitative estimate of drug-likeness (QED) is 0.660. The Balaban J connectivity index is 1.86. The van der Waals surface area contributed by atoms with Crippen LogP contribution >= 0.6 is 11.6 Å². The van der Waals surface area contributed by atoms with Crippen molar-refractivity contribution in [2.45, 2.75) is 12.5 Å². The number of methoxy groups -OCH3 is 1. The number of halogens is 1. The van der Waals surface area contributed by atoms with Crippen LogP contribution < -0.4 is 10.1 Å². The van der Waals surface area contributed by atoms with Crippen molar-refractivity contribution >= 4 is 17.5 Å². The van der Waals surface area contributed by atoms with E-state index in [-0.39, 0.29) is 11.7 Å². The van der Waals surface area contributed by atoms with Crippen molar-refractivity contribution < 1.29 is 14.6 Å². The molecule has 0 radical (unpaired) electrons. The van der Waals surface area contributed by atoms with Crippen LogP contribution in [0.15, 0.2) is 72.8 Å². The molecule has 0 aliphatic heterocycles. The van der Waals surface area contributed by atoms with Crippen molar-refractivity contribution in [3.63, 3.8) is 0 Å². The minimum atomic E-state index is -0.664. The van der Waals surface area contributed by atoms with E-state index >= 15 is 0 Å². The lowest BCUT2D eigenvalue weighted by Crippen LogP contribution is -2.29. The van der Waals surface area contributed by atoms with E-state index < -0.39 is 5.92 Å². The van der Waals surface area contributed by atoms with Crippen molar-refractivity contribution in [1.82, 2.24) is 5.32 Å². The summed E-state index contributed by atoms with van der Waals surface area (Å²) in [6.45, 7) is 0.369. The zero-order chi connectivity index (χ0) is 19.2. The van der Waals surface area contributed by atoms with E-state index in [1.165, 1.54) is 6.07 Å². The maximum absolute atomic E-state index is 13.0. The first kappa shape index (κ1) is 18.8. The molecule has 0 heterocycles. The van der Waals surface area contributed by atoms with Crippen LogP contribution in [0.5, 0.6) is 11.5 Å². The normalized spacial score (nSPS) is 11.6. The van der Waals surface area contributed by atoms with Crippen molar-refractivity contribution in [1.29, 1.82) is 0 Å². The summed E-state index contributed by atoms with van der Waals surface area (Å²) in [4.78, 5) is 13.0. The average Bonchev–Trinajstić information content (AvgIpc) is 2.70. The molecule has 1 amide bonds. The molecular formula is C22H20ClNO3. The Kier molecular flexibility index (Phi) is 5.99. The lowest BCUT2D eigenvalue weighted by Gasteiger charge is -2.19. The molecule has 138 valence electrons. The van der Waals surface area contributed by atoms with Gasteiger partial charge < -0.3 is 15.2 Å². The monoisotopic (exact) mass is 381 g/mol. The first-order chi connectivity index (χ1) is 13.1. The molecule has 0 aromatic heterocycles. The molecule has 0 saturated carbocycles. The second-order valence-corrected chi connectivity index (χ2v) is 6.55. The first-order valence-electron chi connectivity index (χ1n) is 8.52. The molecule has 0 spiro atoms. The van der Waals surface area contributed by atoms with Crippen LogP contribution in [0.25, 0.3) is 0 Å². The third-order valence-corrected chi connectivity index (χ3v) is 4.56. The molecule has 0 saturated heterocycles. The van der Waals surface area contributed by atoms with Gasteiger partial charge in [-0.05, 0) is 41.5 Å². The number of hydrogen-bond acceptors (Lipinski definition) is 3. The van der Waals surface area contributed by atoms with E-state index in [4.69, 9.17) is 16.3 Å². The van der Waals surface area contributed by atoms with Gasteiger partial charge in [-0.15, -0.1) is 0 Å². The lowest BCUT2D eigenvalue weighted by atomic mass is 9.89. The van der Waals surface area contributed by atoms with Crippen molar-refractivity contribution in [2.24, 2.45) is 0 Å². The topological polar surface area (TPSA) is 58.6 Å². The summed E-state index contributed by atoms with van der Waals surface area (Å²) in [6.07, 6.45) is 0. The molecule has 5 heteroatoms. The van der Waals surface area contributed by atoms with E-state index in [0.717, 1.165) is 16.9 Å². The van der Waals surface area contributed by atoms with Crippen LogP contribution in [0.4, 0.5) is 0 Å². The molecule has 4 nitrogen and oxygen atoms in total. The summed E-state index contributed by atoms with van der Waals surface area (Å²) in [5.74, 6) is -0.0818. The smallest absolute Gasteiger partial charge is 0.232 e. The Morgan fingerprint density at radius 1 is 1.07 bits per heavy atom. The van der Waals surface area contributed by atoms with E-state index in [1.54, 1.807) is 19.2 Å². The number of hydrogen-bond donors (Lipinski definition) is 2. The Morgan fingerprint density at radius 3 is 2.44 bits per heavy atom. The van der Waals surface area contributed by atoms with Gasteiger partial charge in [-0.2, -0.15) is 0 Å². The van der Waals surface area contributed by atoms with Gasteiger partial charge in [-0.1, -0.05) is 54.1 Å². The van der Waals surface area contributed by atoms with Gasteiger partial charge in [0.1, 0.15) is 11.5 Å². The molecule has 0 fully saturated rings. The molecule has 0 bridgehead atoms. The van der Waals surface area contributed by atoms with Gasteiger partial charge >= 0.3 is 0 Å². The van der Waals surface area contributed by atoms with Gasteiger partial charge in [0.2, 0.25) is 5.91 Å². The lowest BCUT2D eigenvalue weighted by molar-refractivity contribution is -0.121. The molecule has 0 unspecified atom stereocenters. The Labute approximate surface area is 163 Å². The summed E-state index contributed by atoms with van der Waals surface area (Å²) in [5.41, 5.74) is 2.20. The highest BCUT2D eigenvalue weighted by molar-refractivity contribution is 6.30. The fourth-order valence-corrected chi connectivity index (χ4v) is 3.09. The van der Waals surface area contributed by atoms with E-state index in [0.29, 0.717) is 17.1 Å². The number of carbonyl (C=O) groups is 1. The zero-order valence-electron chi connectivity index (χ0n) is 14.9. The average molecular weight is 382 g/mol. The van der Waals surface area contributed by atoms with Gasteiger partial charge in [0.15, 0.2) is 0 Å². The summed E-state index contributed by atoms with van der Waals surface area (Å²) < 4.78 is 5.15. The maximum Gasteiger partial charge on any atom is 0.232 e. The highest BCUT2D eigenvalue weighted by atomic mass is 35.5. The van der Waals surface area contributed by atoms with E-state index in [2.05, 4.69) is 5.32 Å². The molecular weight excluding hydrogens is 362 g/mol. The van der Waals surface area contributed by atoms with Crippen LogP contribution in [-0.2, 0) is 11.3 Å². The molecule has 2 N–H and O–H groups in total. The van der Waals surface area contributed by atoms with Crippen LogP contribution in [0.3, 0.4) is 0 Å². The predicted molar refractivity (Wildman–Crippen MR) is 106 cm³/mol. The maximum atomic E-state index is 13.0. The summed E-state index contributed by atoms with van der Waals surface area (Å²) in [6, 6.07) is 21.5. The second-order valence-electron chi connectivity index (χ2n) is 6.11. The van der Waals surface area contributed by atoms with Gasteiger partial charge in [0.05, 0.1) is 13.0 Å². The minimum Gasteiger partial charge on any atom is -0.508 e. The van der Waals surface area contributed by atoms with E-state index in [9.17, 15) is 9.90 Å². The largest absolute Gasteiger partial charge is 0.508 e. The Morgan fingerprint density at radius 2 is 1.78 bits per heavy atom.